The highest BCUT2D eigenvalue weighted by atomic mass is 16.5. The summed E-state index contributed by atoms with van der Waals surface area (Å²) in [6.45, 7) is 3.12. The SMILES string of the molecule is C[C@@H]1COCC(=O)C1. The number of Topliss-reactive ketones (excluding diaryl/α,β-unsaturated/α-hetero) is 1. The van der Waals surface area contributed by atoms with Gasteiger partial charge in [-0.15, -0.1) is 0 Å². The first-order chi connectivity index (χ1) is 3.79. The fourth-order valence-electron chi connectivity index (χ4n) is 0.880. The van der Waals surface area contributed by atoms with Gasteiger partial charge in [0.25, 0.3) is 0 Å². The van der Waals surface area contributed by atoms with Crippen molar-refractivity contribution in [3.63, 3.8) is 0 Å². The lowest BCUT2D eigenvalue weighted by Gasteiger charge is -2.15. The Bertz CT molecular complexity index is 98.7. The van der Waals surface area contributed by atoms with Gasteiger partial charge in [-0.3, -0.25) is 4.79 Å². The van der Waals surface area contributed by atoms with Crippen LogP contribution in [0.5, 0.6) is 0 Å². The molecule has 1 heterocycles. The summed E-state index contributed by atoms with van der Waals surface area (Å²) in [5.41, 5.74) is 0. The van der Waals surface area contributed by atoms with Crippen LogP contribution in [0.25, 0.3) is 0 Å². The summed E-state index contributed by atoms with van der Waals surface area (Å²) in [6.07, 6.45) is 0.708. The van der Waals surface area contributed by atoms with E-state index in [9.17, 15) is 4.79 Å². The summed E-state index contributed by atoms with van der Waals surface area (Å²) >= 11 is 0. The molecule has 1 fully saturated rings. The zero-order valence-electron chi connectivity index (χ0n) is 5.02. The normalized spacial score (nSPS) is 30.6. The van der Waals surface area contributed by atoms with E-state index in [0.29, 0.717) is 18.9 Å². The van der Waals surface area contributed by atoms with Gasteiger partial charge < -0.3 is 4.74 Å². The molecule has 46 valence electrons. The highest BCUT2D eigenvalue weighted by molar-refractivity contribution is 5.80. The lowest BCUT2D eigenvalue weighted by Crippen LogP contribution is -2.23. The third kappa shape index (κ3) is 1.30. The summed E-state index contributed by atoms with van der Waals surface area (Å²) in [7, 11) is 0. The van der Waals surface area contributed by atoms with Gasteiger partial charge in [0.2, 0.25) is 0 Å². The largest absolute Gasteiger partial charge is 0.373 e. The molecule has 8 heavy (non-hydrogen) atoms. The Hall–Kier alpha value is -0.370. The van der Waals surface area contributed by atoms with E-state index in [1.807, 2.05) is 6.92 Å². The van der Waals surface area contributed by atoms with Gasteiger partial charge in [0.05, 0.1) is 6.61 Å². The van der Waals surface area contributed by atoms with Crippen LogP contribution in [0, 0.1) is 5.92 Å². The number of ether oxygens (including phenoxy) is 1. The standard InChI is InChI=1S/C6H10O2/c1-5-2-6(7)4-8-3-5/h5H,2-4H2,1H3/t5-/m0/s1. The van der Waals surface area contributed by atoms with Crippen molar-refractivity contribution in [2.24, 2.45) is 5.92 Å². The van der Waals surface area contributed by atoms with E-state index in [2.05, 4.69) is 0 Å². The molecule has 0 N–H and O–H groups in total. The highest BCUT2D eigenvalue weighted by Crippen LogP contribution is 2.08. The third-order valence-electron chi connectivity index (χ3n) is 1.24. The molecule has 1 saturated heterocycles. The molecule has 0 unspecified atom stereocenters. The first kappa shape index (κ1) is 5.76. The second-order valence-electron chi connectivity index (χ2n) is 2.36. The maximum absolute atomic E-state index is 10.5. The van der Waals surface area contributed by atoms with E-state index in [1.165, 1.54) is 0 Å². The second-order valence-corrected chi connectivity index (χ2v) is 2.36. The fraction of sp³-hybridized carbons (Fsp3) is 0.833. The van der Waals surface area contributed by atoms with Gasteiger partial charge in [-0.05, 0) is 5.92 Å². The molecule has 2 nitrogen and oxygen atoms in total. The predicted molar refractivity (Wildman–Crippen MR) is 29.6 cm³/mol. The van der Waals surface area contributed by atoms with Gasteiger partial charge in [-0.25, -0.2) is 0 Å². The van der Waals surface area contributed by atoms with Crippen molar-refractivity contribution in [3.05, 3.63) is 0 Å². The first-order valence-corrected chi connectivity index (χ1v) is 2.88. The Morgan fingerprint density at radius 2 is 2.50 bits per heavy atom. The highest BCUT2D eigenvalue weighted by Gasteiger charge is 2.14. The average Bonchev–Trinajstić information content (AvgIpc) is 1.64. The lowest BCUT2D eigenvalue weighted by molar-refractivity contribution is -0.129. The van der Waals surface area contributed by atoms with Crippen LogP contribution in [0.4, 0.5) is 0 Å². The smallest absolute Gasteiger partial charge is 0.158 e. The van der Waals surface area contributed by atoms with Crippen molar-refractivity contribution in [1.82, 2.24) is 0 Å². The Morgan fingerprint density at radius 1 is 1.75 bits per heavy atom. The van der Waals surface area contributed by atoms with Gasteiger partial charge >= 0.3 is 0 Å². The molecule has 0 amide bonds. The van der Waals surface area contributed by atoms with E-state index >= 15 is 0 Å². The molecular formula is C6H10O2. The predicted octanol–water partition coefficient (Wildman–Crippen LogP) is 0.612. The fourth-order valence-corrected chi connectivity index (χ4v) is 0.880. The van der Waals surface area contributed by atoms with Crippen LogP contribution in [0.15, 0.2) is 0 Å². The molecule has 1 atom stereocenters. The molecule has 0 bridgehead atoms. The lowest BCUT2D eigenvalue weighted by atomic mass is 10.0. The third-order valence-corrected chi connectivity index (χ3v) is 1.24. The van der Waals surface area contributed by atoms with E-state index in [4.69, 9.17) is 4.74 Å². The Balaban J connectivity index is 2.34. The Labute approximate surface area is 48.8 Å². The molecule has 1 rings (SSSR count). The van der Waals surface area contributed by atoms with Crippen LogP contribution in [-0.2, 0) is 9.53 Å². The molecule has 0 radical (unpaired) electrons. The number of hydrogen-bond acceptors (Lipinski definition) is 2. The zero-order valence-corrected chi connectivity index (χ0v) is 5.02. The second kappa shape index (κ2) is 2.27. The van der Waals surface area contributed by atoms with E-state index in [0.717, 1.165) is 6.61 Å². The van der Waals surface area contributed by atoms with Crippen molar-refractivity contribution in [2.45, 2.75) is 13.3 Å². The van der Waals surface area contributed by atoms with Crippen LogP contribution >= 0.6 is 0 Å². The van der Waals surface area contributed by atoms with Gasteiger partial charge in [-0.2, -0.15) is 0 Å². The molecule has 0 saturated carbocycles. The van der Waals surface area contributed by atoms with Gasteiger partial charge in [0.1, 0.15) is 6.61 Å². The summed E-state index contributed by atoms with van der Waals surface area (Å²) < 4.78 is 4.94. The summed E-state index contributed by atoms with van der Waals surface area (Å²) in [6, 6.07) is 0. The molecule has 1 aliphatic rings. The quantitative estimate of drug-likeness (QED) is 0.461. The van der Waals surface area contributed by atoms with E-state index in [1.54, 1.807) is 0 Å². The molecule has 1 aliphatic heterocycles. The molecule has 0 aliphatic carbocycles. The topological polar surface area (TPSA) is 26.3 Å². The summed E-state index contributed by atoms with van der Waals surface area (Å²) in [5, 5.41) is 0. The number of ketones is 1. The molecule has 2 heteroatoms. The minimum atomic E-state index is 0.240. The maximum atomic E-state index is 10.5. The van der Waals surface area contributed by atoms with Gasteiger partial charge in [-0.1, -0.05) is 6.92 Å². The van der Waals surface area contributed by atoms with E-state index < -0.39 is 0 Å². The van der Waals surface area contributed by atoms with Crippen LogP contribution < -0.4 is 0 Å². The summed E-state index contributed by atoms with van der Waals surface area (Å²) in [4.78, 5) is 10.5. The van der Waals surface area contributed by atoms with Crippen molar-refractivity contribution in [2.75, 3.05) is 13.2 Å². The first-order valence-electron chi connectivity index (χ1n) is 2.88. The van der Waals surface area contributed by atoms with Crippen molar-refractivity contribution in [3.8, 4) is 0 Å². The average molecular weight is 114 g/mol. The van der Waals surface area contributed by atoms with Crippen LogP contribution in [-0.4, -0.2) is 19.0 Å². The minimum Gasteiger partial charge on any atom is -0.373 e. The van der Waals surface area contributed by atoms with Crippen molar-refractivity contribution in [1.29, 1.82) is 0 Å². The molecular weight excluding hydrogens is 104 g/mol. The molecule has 0 spiro atoms. The molecule has 0 aromatic carbocycles. The monoisotopic (exact) mass is 114 g/mol. The van der Waals surface area contributed by atoms with Crippen molar-refractivity contribution < 1.29 is 9.53 Å². The molecule has 0 aromatic heterocycles. The summed E-state index contributed by atoms with van der Waals surface area (Å²) in [5.74, 6) is 0.681. The number of carbonyl (C=O) groups is 1. The zero-order chi connectivity index (χ0) is 5.98. The van der Waals surface area contributed by atoms with Gasteiger partial charge in [0, 0.05) is 6.42 Å². The maximum Gasteiger partial charge on any atom is 0.158 e. The number of carbonyl (C=O) groups excluding carboxylic acids is 1. The van der Waals surface area contributed by atoms with Crippen LogP contribution in [0.1, 0.15) is 13.3 Å². The van der Waals surface area contributed by atoms with Gasteiger partial charge in [0.15, 0.2) is 5.78 Å². The Kier molecular flexibility index (Phi) is 1.63. The number of hydrogen-bond donors (Lipinski definition) is 0. The van der Waals surface area contributed by atoms with Crippen LogP contribution in [0.2, 0.25) is 0 Å². The number of rotatable bonds is 0. The van der Waals surface area contributed by atoms with Crippen molar-refractivity contribution >= 4 is 5.78 Å². The minimum absolute atomic E-state index is 0.240. The molecule has 0 aromatic rings. The van der Waals surface area contributed by atoms with E-state index in [-0.39, 0.29) is 5.78 Å². The van der Waals surface area contributed by atoms with Crippen LogP contribution in [0.3, 0.4) is 0 Å². The Morgan fingerprint density at radius 3 is 2.88 bits per heavy atom.